The third-order valence-electron chi connectivity index (χ3n) is 2.99. The van der Waals surface area contributed by atoms with E-state index in [-0.39, 0.29) is 0 Å². The van der Waals surface area contributed by atoms with E-state index < -0.39 is 0 Å². The largest absolute Gasteiger partial charge is 0.352 e. The molecule has 3 aromatic rings. The topological polar surface area (TPSA) is 64.5 Å². The maximum Gasteiger partial charge on any atom is 0.201 e. The van der Waals surface area contributed by atoms with Gasteiger partial charge >= 0.3 is 0 Å². The van der Waals surface area contributed by atoms with Gasteiger partial charge in [0.1, 0.15) is 0 Å². The van der Waals surface area contributed by atoms with Crippen LogP contribution in [0.1, 0.15) is 11.1 Å². The van der Waals surface area contributed by atoms with Crippen LogP contribution < -0.4 is 5.32 Å². The van der Waals surface area contributed by atoms with Crippen LogP contribution in [-0.2, 0) is 6.54 Å². The number of hydrogen-bond donors (Lipinski definition) is 2. The molecule has 0 amide bonds. The summed E-state index contributed by atoms with van der Waals surface area (Å²) in [6.45, 7) is 0.659. The van der Waals surface area contributed by atoms with Crippen LogP contribution in [0.15, 0.2) is 46.9 Å². The Labute approximate surface area is 124 Å². The molecule has 0 atom stereocenters. The summed E-state index contributed by atoms with van der Waals surface area (Å²) < 4.78 is 1.02. The second-order valence-electron chi connectivity index (χ2n) is 4.41. The van der Waals surface area contributed by atoms with Crippen LogP contribution in [-0.4, -0.2) is 9.97 Å². The smallest absolute Gasteiger partial charge is 0.201 e. The SMILES string of the molecule is N#Cc1ccc(CNc2nc3ccc(Br)cc3[nH]2)cc1. The molecule has 1 heterocycles. The van der Waals surface area contributed by atoms with Crippen molar-refractivity contribution >= 4 is 32.9 Å². The summed E-state index contributed by atoms with van der Waals surface area (Å²) in [5.41, 5.74) is 3.69. The molecule has 98 valence electrons. The van der Waals surface area contributed by atoms with Crippen molar-refractivity contribution in [2.24, 2.45) is 0 Å². The van der Waals surface area contributed by atoms with E-state index >= 15 is 0 Å². The van der Waals surface area contributed by atoms with Crippen LogP contribution in [0.2, 0.25) is 0 Å². The van der Waals surface area contributed by atoms with Gasteiger partial charge in [-0.1, -0.05) is 28.1 Å². The highest BCUT2D eigenvalue weighted by Crippen LogP contribution is 2.19. The van der Waals surface area contributed by atoms with Crippen LogP contribution in [0.3, 0.4) is 0 Å². The highest BCUT2D eigenvalue weighted by molar-refractivity contribution is 9.10. The average molecular weight is 327 g/mol. The summed E-state index contributed by atoms with van der Waals surface area (Å²) in [5, 5.41) is 12.0. The third-order valence-corrected chi connectivity index (χ3v) is 3.48. The van der Waals surface area contributed by atoms with Gasteiger partial charge in [-0.25, -0.2) is 4.98 Å². The molecule has 0 saturated heterocycles. The number of rotatable bonds is 3. The Morgan fingerprint density at radius 1 is 1.20 bits per heavy atom. The molecule has 0 radical (unpaired) electrons. The zero-order valence-corrected chi connectivity index (χ0v) is 12.1. The van der Waals surface area contributed by atoms with E-state index in [9.17, 15) is 0 Å². The molecule has 2 N–H and O–H groups in total. The molecular weight excluding hydrogens is 316 g/mol. The number of anilines is 1. The highest BCUT2D eigenvalue weighted by Gasteiger charge is 2.02. The predicted octanol–water partition coefficient (Wildman–Crippen LogP) is 3.81. The summed E-state index contributed by atoms with van der Waals surface area (Å²) in [6.07, 6.45) is 0. The molecule has 1 aromatic heterocycles. The van der Waals surface area contributed by atoms with Gasteiger partial charge in [-0.15, -0.1) is 0 Å². The maximum absolute atomic E-state index is 8.75. The maximum atomic E-state index is 8.75. The molecule has 0 saturated carbocycles. The lowest BCUT2D eigenvalue weighted by Crippen LogP contribution is -2.00. The zero-order chi connectivity index (χ0) is 13.9. The monoisotopic (exact) mass is 326 g/mol. The van der Waals surface area contributed by atoms with Crippen LogP contribution in [0.5, 0.6) is 0 Å². The standard InChI is InChI=1S/C15H11BrN4/c16-12-5-6-13-14(7-12)20-15(19-13)18-9-11-3-1-10(8-17)2-4-11/h1-7H,9H2,(H2,18,19,20). The Kier molecular flexibility index (Phi) is 3.40. The number of imidazole rings is 1. The Bertz CT molecular complexity index is 784. The van der Waals surface area contributed by atoms with E-state index in [1.54, 1.807) is 0 Å². The number of nitriles is 1. The van der Waals surface area contributed by atoms with E-state index in [0.717, 1.165) is 27.0 Å². The molecule has 3 rings (SSSR count). The lowest BCUT2D eigenvalue weighted by molar-refractivity contribution is 1.10. The van der Waals surface area contributed by atoms with Crippen molar-refractivity contribution < 1.29 is 0 Å². The summed E-state index contributed by atoms with van der Waals surface area (Å²) in [5.74, 6) is 0.738. The van der Waals surface area contributed by atoms with Crippen molar-refractivity contribution in [3.63, 3.8) is 0 Å². The second kappa shape index (κ2) is 5.35. The number of benzene rings is 2. The fourth-order valence-electron chi connectivity index (χ4n) is 1.95. The van der Waals surface area contributed by atoms with Crippen LogP contribution in [0, 0.1) is 11.3 Å². The van der Waals surface area contributed by atoms with E-state index in [1.807, 2.05) is 42.5 Å². The number of aromatic amines is 1. The first-order valence-electron chi connectivity index (χ1n) is 6.13. The van der Waals surface area contributed by atoms with Gasteiger partial charge in [-0.3, -0.25) is 0 Å². The molecule has 0 aliphatic carbocycles. The van der Waals surface area contributed by atoms with Crippen molar-refractivity contribution in [1.29, 1.82) is 5.26 Å². The molecule has 4 nitrogen and oxygen atoms in total. The molecule has 0 aliphatic rings. The van der Waals surface area contributed by atoms with Crippen LogP contribution >= 0.6 is 15.9 Å². The number of fused-ring (bicyclic) bond motifs is 1. The third kappa shape index (κ3) is 2.65. The molecule has 20 heavy (non-hydrogen) atoms. The molecule has 0 bridgehead atoms. The minimum absolute atomic E-state index is 0.659. The van der Waals surface area contributed by atoms with Crippen LogP contribution in [0.4, 0.5) is 5.95 Å². The first kappa shape index (κ1) is 12.7. The fourth-order valence-corrected chi connectivity index (χ4v) is 2.31. The van der Waals surface area contributed by atoms with Crippen molar-refractivity contribution in [2.45, 2.75) is 6.54 Å². The lowest BCUT2D eigenvalue weighted by Gasteiger charge is -2.02. The predicted molar refractivity (Wildman–Crippen MR) is 82.3 cm³/mol. The molecule has 0 fully saturated rings. The number of nitrogens with one attached hydrogen (secondary N) is 2. The first-order valence-corrected chi connectivity index (χ1v) is 6.92. The molecule has 0 spiro atoms. The molecule has 5 heteroatoms. The molecule has 0 aliphatic heterocycles. The van der Waals surface area contributed by atoms with Gasteiger partial charge in [0.05, 0.1) is 22.7 Å². The van der Waals surface area contributed by atoms with Gasteiger partial charge in [-0.05, 0) is 35.9 Å². The summed E-state index contributed by atoms with van der Waals surface area (Å²) in [4.78, 5) is 7.69. The fraction of sp³-hybridized carbons (Fsp3) is 0.0667. The Hall–Kier alpha value is -2.32. The van der Waals surface area contributed by atoms with Gasteiger partial charge in [-0.2, -0.15) is 5.26 Å². The van der Waals surface area contributed by atoms with Crippen molar-refractivity contribution in [3.8, 4) is 6.07 Å². The first-order chi connectivity index (χ1) is 9.74. The van der Waals surface area contributed by atoms with Crippen molar-refractivity contribution in [2.75, 3.05) is 5.32 Å². The number of hydrogen-bond acceptors (Lipinski definition) is 3. The van der Waals surface area contributed by atoms with Gasteiger partial charge in [0.25, 0.3) is 0 Å². The summed E-state index contributed by atoms with van der Waals surface area (Å²) in [7, 11) is 0. The number of halogens is 1. The molecular formula is C15H11BrN4. The van der Waals surface area contributed by atoms with Crippen LogP contribution in [0.25, 0.3) is 11.0 Å². The second-order valence-corrected chi connectivity index (χ2v) is 5.32. The van der Waals surface area contributed by atoms with Gasteiger partial charge < -0.3 is 10.3 Å². The Morgan fingerprint density at radius 3 is 2.75 bits per heavy atom. The quantitative estimate of drug-likeness (QED) is 0.769. The lowest BCUT2D eigenvalue weighted by atomic mass is 10.1. The van der Waals surface area contributed by atoms with Gasteiger partial charge in [0.2, 0.25) is 5.95 Å². The number of nitrogens with zero attached hydrogens (tertiary/aromatic N) is 2. The molecule has 2 aromatic carbocycles. The minimum Gasteiger partial charge on any atom is -0.352 e. The van der Waals surface area contributed by atoms with Gasteiger partial charge in [0.15, 0.2) is 0 Å². The van der Waals surface area contributed by atoms with E-state index in [1.165, 1.54) is 0 Å². The highest BCUT2D eigenvalue weighted by atomic mass is 79.9. The Balaban J connectivity index is 1.74. The number of H-pyrrole nitrogens is 1. The number of aromatic nitrogens is 2. The van der Waals surface area contributed by atoms with E-state index in [4.69, 9.17) is 5.26 Å². The van der Waals surface area contributed by atoms with Gasteiger partial charge in [0, 0.05) is 11.0 Å². The summed E-state index contributed by atoms with van der Waals surface area (Å²) >= 11 is 3.44. The van der Waals surface area contributed by atoms with Crippen molar-refractivity contribution in [1.82, 2.24) is 9.97 Å². The normalized spacial score (nSPS) is 10.4. The summed E-state index contributed by atoms with van der Waals surface area (Å²) in [6, 6.07) is 15.5. The Morgan fingerprint density at radius 2 is 2.00 bits per heavy atom. The molecule has 0 unspecified atom stereocenters. The van der Waals surface area contributed by atoms with E-state index in [0.29, 0.717) is 12.1 Å². The zero-order valence-electron chi connectivity index (χ0n) is 10.5. The minimum atomic E-state index is 0.659. The average Bonchev–Trinajstić information content (AvgIpc) is 2.87. The van der Waals surface area contributed by atoms with E-state index in [2.05, 4.69) is 37.3 Å². The van der Waals surface area contributed by atoms with Crippen molar-refractivity contribution in [3.05, 3.63) is 58.1 Å².